The van der Waals surface area contributed by atoms with Gasteiger partial charge in [-0.05, 0) is 109 Å². The molecule has 15 N–H and O–H groups in total. The van der Waals surface area contributed by atoms with Crippen molar-refractivity contribution in [1.82, 2.24) is 0 Å². The quantitative estimate of drug-likeness (QED) is 0.0774. The third kappa shape index (κ3) is 33.8. The standard InChI is InChI=1S/C67H107NO18/c1-6-7-25-49-26-18-19-34-59(77)47(4)63(80)45(2)24-16-14-12-10-8-9-11-13-15-17-35-62(79)85-58(33-22-29-50(69)27-20-28-51(70)32-23-38-68)43-56(75)41-54(73)39-52(71)30-21-31-53(72)40-55(74)42-57(76)44-60(78)46(3)61(37-36-49)86-67-66(83)65(82)64(81)48(5)84-67/h6,8-16,19-22,24,27,31,33-34,36,45-48,50-59,61,63-67,69-77,80-83H,1,7,17-18,23,25-26,28-30,32,35,37-44,68H2,2-5H3/b10-8-,11-9+,14-12+,15-13+,24-16-,27-20+,31-21+,33-22+,34-19+,49-36+/t45?,46?,47-,48-,50-,51-,52+,53+,54-,55+,56+,57?,58+,59+,61?,63-,64-,65+,66+,67-/m0/s1. The van der Waals surface area contributed by atoms with Crippen LogP contribution in [0, 0.1) is 17.8 Å². The van der Waals surface area contributed by atoms with E-state index in [-0.39, 0.29) is 63.7 Å². The Morgan fingerprint density at radius 3 is 2.01 bits per heavy atom. The fourth-order valence-corrected chi connectivity index (χ4v) is 9.81. The molecular formula is C67H107NO18. The van der Waals surface area contributed by atoms with Gasteiger partial charge in [0.1, 0.15) is 30.2 Å². The van der Waals surface area contributed by atoms with Crippen molar-refractivity contribution in [2.24, 2.45) is 23.5 Å². The first-order valence-corrected chi connectivity index (χ1v) is 30.8. The van der Waals surface area contributed by atoms with Crippen molar-refractivity contribution >= 4 is 11.8 Å². The van der Waals surface area contributed by atoms with E-state index in [0.717, 1.165) is 5.57 Å². The molecule has 4 unspecified atom stereocenters. The van der Waals surface area contributed by atoms with Crippen LogP contribution in [0.1, 0.15) is 143 Å². The molecule has 488 valence electrons. The summed E-state index contributed by atoms with van der Waals surface area (Å²) in [6.45, 7) is 11.1. The monoisotopic (exact) mass is 1210 g/mol. The molecule has 2 rings (SSSR count). The zero-order valence-corrected chi connectivity index (χ0v) is 51.2. The third-order valence-corrected chi connectivity index (χ3v) is 15.3. The third-order valence-electron chi connectivity index (χ3n) is 15.3. The Labute approximate surface area is 511 Å². The van der Waals surface area contributed by atoms with Crippen LogP contribution in [0.4, 0.5) is 0 Å². The summed E-state index contributed by atoms with van der Waals surface area (Å²) < 4.78 is 17.7. The highest BCUT2D eigenvalue weighted by Crippen LogP contribution is 2.29. The van der Waals surface area contributed by atoms with E-state index >= 15 is 0 Å². The molecule has 0 aliphatic carbocycles. The van der Waals surface area contributed by atoms with Crippen LogP contribution in [-0.4, -0.2) is 189 Å². The lowest BCUT2D eigenvalue weighted by molar-refractivity contribution is -0.306. The van der Waals surface area contributed by atoms with E-state index in [0.29, 0.717) is 57.9 Å². The first kappa shape index (κ1) is 77.7. The van der Waals surface area contributed by atoms with Crippen LogP contribution in [0.5, 0.6) is 0 Å². The first-order chi connectivity index (χ1) is 40.9. The normalized spacial score (nSPS) is 37.6. The van der Waals surface area contributed by atoms with Crippen molar-refractivity contribution in [2.45, 2.75) is 247 Å². The number of esters is 1. The predicted molar refractivity (Wildman–Crippen MR) is 332 cm³/mol. The second-order valence-corrected chi connectivity index (χ2v) is 23.1. The highest BCUT2D eigenvalue weighted by atomic mass is 16.7. The molecule has 2 aliphatic rings. The molecular weight excluding hydrogens is 1110 g/mol. The molecule has 86 heavy (non-hydrogen) atoms. The molecule has 0 bridgehead atoms. The summed E-state index contributed by atoms with van der Waals surface area (Å²) in [5.74, 6) is -2.68. The number of aliphatic hydroxyl groups is 13. The molecule has 0 amide bonds. The lowest BCUT2D eigenvalue weighted by atomic mass is 9.88. The fourth-order valence-electron chi connectivity index (χ4n) is 9.81. The molecule has 2 aliphatic heterocycles. The van der Waals surface area contributed by atoms with Gasteiger partial charge in [-0.1, -0.05) is 142 Å². The summed E-state index contributed by atoms with van der Waals surface area (Å²) in [6.07, 6.45) is 18.6. The van der Waals surface area contributed by atoms with Gasteiger partial charge >= 0.3 is 5.97 Å². The maximum atomic E-state index is 13.9. The molecule has 0 radical (unpaired) electrons. The molecule has 1 saturated heterocycles. The van der Waals surface area contributed by atoms with Crippen LogP contribution in [0.2, 0.25) is 0 Å². The molecule has 19 heteroatoms. The molecule has 20 atom stereocenters. The summed E-state index contributed by atoms with van der Waals surface area (Å²) in [5, 5.41) is 140. The molecule has 0 saturated carbocycles. The lowest BCUT2D eigenvalue weighted by Gasteiger charge is -2.41. The summed E-state index contributed by atoms with van der Waals surface area (Å²) >= 11 is 0. The van der Waals surface area contributed by atoms with Gasteiger partial charge in [0.2, 0.25) is 0 Å². The van der Waals surface area contributed by atoms with Gasteiger partial charge in [0.25, 0.3) is 0 Å². The Bertz CT molecular complexity index is 2190. The minimum absolute atomic E-state index is 0.000868. The Morgan fingerprint density at radius 1 is 0.674 bits per heavy atom. The van der Waals surface area contributed by atoms with Gasteiger partial charge in [-0.25, -0.2) is 0 Å². The number of carbonyl (C=O) groups excluding carboxylic acids is 2. The second-order valence-electron chi connectivity index (χ2n) is 23.1. The Hall–Kier alpha value is -4.36. The summed E-state index contributed by atoms with van der Waals surface area (Å²) in [6, 6.07) is 0. The maximum Gasteiger partial charge on any atom is 0.306 e. The van der Waals surface area contributed by atoms with Crippen molar-refractivity contribution < 1.29 is 90.2 Å². The highest BCUT2D eigenvalue weighted by molar-refractivity contribution is 5.81. The number of allylic oxidation sites excluding steroid dienone is 12. The summed E-state index contributed by atoms with van der Waals surface area (Å²) in [4.78, 5) is 26.8. The molecule has 1 fully saturated rings. The number of hydrogen-bond acceptors (Lipinski definition) is 19. The first-order valence-electron chi connectivity index (χ1n) is 30.8. The second kappa shape index (κ2) is 45.0. The highest BCUT2D eigenvalue weighted by Gasteiger charge is 2.44. The number of hydrogen-bond donors (Lipinski definition) is 14. The SMILES string of the molecule is C=CCC/C1=C\CC(O[C@@H]2O[C@@H](C)[C@H](O)[C@@H](O)[C@H]2O)C(C)C(=O)CC(O)C[C@H](O)C[C@H](O)/C=C/C[C@@H](O)C[C@H](O)C[C@@H](O)C[C@@H](/C=C/C[C@@H](O)/C=C/C[C@H](O)CCCN)OC(=O)CC/C=C/C=C/C=C\C=C\C=C/C(C)[C@H](O)[C@@H](C)[C@H](O)/C=C/CC1. The van der Waals surface area contributed by atoms with Crippen LogP contribution < -0.4 is 5.73 Å². The molecule has 0 aromatic rings. The van der Waals surface area contributed by atoms with Crippen LogP contribution >= 0.6 is 0 Å². The minimum atomic E-state index is -1.65. The van der Waals surface area contributed by atoms with E-state index in [4.69, 9.17) is 19.9 Å². The number of rotatable bonds is 14. The van der Waals surface area contributed by atoms with Gasteiger partial charge in [-0.15, -0.1) is 6.58 Å². The van der Waals surface area contributed by atoms with Gasteiger partial charge in [0, 0.05) is 43.4 Å². The number of ketones is 1. The number of carbonyl (C=O) groups is 2. The van der Waals surface area contributed by atoms with Crippen molar-refractivity contribution in [3.63, 3.8) is 0 Å². The number of aliphatic hydroxyl groups excluding tert-OH is 13. The largest absolute Gasteiger partial charge is 0.458 e. The van der Waals surface area contributed by atoms with Gasteiger partial charge in [0.15, 0.2) is 6.29 Å². The lowest BCUT2D eigenvalue weighted by Crippen LogP contribution is -2.58. The average molecular weight is 1210 g/mol. The van der Waals surface area contributed by atoms with Crippen LogP contribution in [-0.2, 0) is 23.8 Å². The van der Waals surface area contributed by atoms with E-state index in [9.17, 15) is 76.0 Å². The van der Waals surface area contributed by atoms with Crippen molar-refractivity contribution in [2.75, 3.05) is 6.54 Å². The fraction of sp³-hybridized carbons (Fsp3) is 0.642. The zero-order chi connectivity index (χ0) is 64.0. The summed E-state index contributed by atoms with van der Waals surface area (Å²) in [5.41, 5.74) is 6.50. The Kier molecular flexibility index (Phi) is 40.7. The summed E-state index contributed by atoms with van der Waals surface area (Å²) in [7, 11) is 0. The molecule has 0 spiro atoms. The van der Waals surface area contributed by atoms with E-state index in [2.05, 4.69) is 6.58 Å². The van der Waals surface area contributed by atoms with Gasteiger partial charge in [0.05, 0.1) is 73.2 Å². The minimum Gasteiger partial charge on any atom is -0.458 e. The molecule has 0 aromatic heterocycles. The topological polar surface area (TPSA) is 351 Å². The van der Waals surface area contributed by atoms with E-state index < -0.39 is 134 Å². The number of nitrogens with two attached hydrogens (primary N) is 1. The average Bonchev–Trinajstić information content (AvgIpc) is 2.13. The van der Waals surface area contributed by atoms with Gasteiger partial charge in [-0.2, -0.15) is 0 Å². The molecule has 2 heterocycles. The van der Waals surface area contributed by atoms with Crippen LogP contribution in [0.15, 0.2) is 134 Å². The Balaban J connectivity index is 2.33. The zero-order valence-electron chi connectivity index (χ0n) is 51.2. The Morgan fingerprint density at radius 2 is 1.31 bits per heavy atom. The van der Waals surface area contributed by atoms with Crippen LogP contribution in [0.25, 0.3) is 0 Å². The predicted octanol–water partition coefficient (Wildman–Crippen LogP) is 5.31. The van der Waals surface area contributed by atoms with Crippen molar-refractivity contribution in [3.8, 4) is 0 Å². The molecule has 0 aromatic carbocycles. The molecule has 19 nitrogen and oxygen atoms in total. The number of ether oxygens (including phenoxy) is 3. The number of cyclic esters (lactones) is 1. The van der Waals surface area contributed by atoms with Gasteiger partial charge < -0.3 is 86.3 Å². The smallest absolute Gasteiger partial charge is 0.306 e. The van der Waals surface area contributed by atoms with E-state index in [1.165, 1.54) is 19.1 Å². The van der Waals surface area contributed by atoms with E-state index in [1.54, 1.807) is 68.5 Å². The van der Waals surface area contributed by atoms with Gasteiger partial charge in [-0.3, -0.25) is 9.59 Å². The van der Waals surface area contributed by atoms with Crippen LogP contribution in [0.3, 0.4) is 0 Å². The van der Waals surface area contributed by atoms with Crippen molar-refractivity contribution in [1.29, 1.82) is 0 Å². The van der Waals surface area contributed by atoms with E-state index in [1.807, 2.05) is 61.6 Å². The van der Waals surface area contributed by atoms with Crippen molar-refractivity contribution in [3.05, 3.63) is 134 Å². The number of Topliss-reactive ketones (excluding diaryl/α,β-unsaturated/α-hetero) is 1. The maximum absolute atomic E-state index is 13.9.